The van der Waals surface area contributed by atoms with E-state index in [2.05, 4.69) is 16.2 Å². The summed E-state index contributed by atoms with van der Waals surface area (Å²) in [6.07, 6.45) is 2.97. The van der Waals surface area contributed by atoms with Crippen molar-refractivity contribution in [2.75, 3.05) is 6.54 Å². The minimum absolute atomic E-state index is 0.0920. The number of halogens is 1. The van der Waals surface area contributed by atoms with Gasteiger partial charge in [-0.25, -0.2) is 22.8 Å². The molecule has 1 aliphatic rings. The summed E-state index contributed by atoms with van der Waals surface area (Å²) in [5.41, 5.74) is 6.08. The third-order valence-corrected chi connectivity index (χ3v) is 5.38. The van der Waals surface area contributed by atoms with Gasteiger partial charge in [-0.1, -0.05) is 12.1 Å². The van der Waals surface area contributed by atoms with Crippen LogP contribution in [-0.2, 0) is 23.0 Å². The molecule has 1 aromatic carbocycles. The summed E-state index contributed by atoms with van der Waals surface area (Å²) < 4.78 is 40.1. The second-order valence-electron chi connectivity index (χ2n) is 4.97. The highest BCUT2D eigenvalue weighted by atomic mass is 32.2. The molecule has 2 aromatic rings. The second-order valence-corrected chi connectivity index (χ2v) is 6.87. The number of fused-ring (bicyclic) bond motifs is 1. The number of rotatable bonds is 3. The maximum atomic E-state index is 13.8. The van der Waals surface area contributed by atoms with Gasteiger partial charge in [0, 0.05) is 12.1 Å². The zero-order chi connectivity index (χ0) is 16.6. The van der Waals surface area contributed by atoms with Crippen LogP contribution in [0.5, 0.6) is 0 Å². The number of nitrogens with two attached hydrogens (primary N) is 1. The van der Waals surface area contributed by atoms with Crippen molar-refractivity contribution >= 4 is 15.9 Å². The monoisotopic (exact) mass is 335 g/mol. The van der Waals surface area contributed by atoms with Gasteiger partial charge in [-0.15, -0.1) is 0 Å². The molecule has 2 heterocycles. The molecule has 23 heavy (non-hydrogen) atoms. The molecular weight excluding hydrogens is 323 g/mol. The van der Waals surface area contributed by atoms with Crippen molar-refractivity contribution in [3.05, 3.63) is 53.4 Å². The molecule has 119 valence electrons. The third kappa shape index (κ3) is 2.80. The van der Waals surface area contributed by atoms with Gasteiger partial charge in [-0.05, 0) is 18.6 Å². The quantitative estimate of drug-likeness (QED) is 0.866. The average Bonchev–Trinajstić information content (AvgIpc) is 2.54. The Kier molecular flexibility index (Phi) is 3.82. The molecule has 0 fully saturated rings. The first-order valence-corrected chi connectivity index (χ1v) is 8.15. The van der Waals surface area contributed by atoms with Crippen LogP contribution in [0.15, 0.2) is 29.2 Å². The lowest BCUT2D eigenvalue weighted by molar-refractivity contribution is 0.0989. The standard InChI is InChI=1S/C14H12FN4O3S/c15-10-3-1-2-4-12(10)23(21,22)19-6-5-9-7-17-14(13(16)20)18-11(9)8-19/h1-4H,5-6,8H2,(H2,16,20). The maximum Gasteiger partial charge on any atom is 0.286 e. The average molecular weight is 335 g/mol. The number of aromatic nitrogens is 2. The van der Waals surface area contributed by atoms with E-state index in [1.54, 1.807) is 0 Å². The van der Waals surface area contributed by atoms with E-state index in [-0.39, 0.29) is 18.9 Å². The van der Waals surface area contributed by atoms with E-state index in [4.69, 9.17) is 5.73 Å². The summed E-state index contributed by atoms with van der Waals surface area (Å²) in [5, 5.41) is 0. The molecule has 0 saturated heterocycles. The summed E-state index contributed by atoms with van der Waals surface area (Å²) in [7, 11) is -4.00. The Labute approximate surface area is 132 Å². The molecule has 0 atom stereocenters. The van der Waals surface area contributed by atoms with Gasteiger partial charge >= 0.3 is 0 Å². The van der Waals surface area contributed by atoms with Gasteiger partial charge in [0.05, 0.1) is 18.4 Å². The van der Waals surface area contributed by atoms with Gasteiger partial charge in [-0.2, -0.15) is 4.31 Å². The van der Waals surface area contributed by atoms with Crippen LogP contribution in [0.4, 0.5) is 4.39 Å². The van der Waals surface area contributed by atoms with Gasteiger partial charge in [0.2, 0.25) is 15.8 Å². The first-order valence-electron chi connectivity index (χ1n) is 6.71. The van der Waals surface area contributed by atoms with Crippen molar-refractivity contribution in [2.24, 2.45) is 5.73 Å². The van der Waals surface area contributed by atoms with E-state index in [1.165, 1.54) is 18.2 Å². The van der Waals surface area contributed by atoms with Gasteiger partial charge in [0.25, 0.3) is 5.91 Å². The Morgan fingerprint density at radius 1 is 1.35 bits per heavy atom. The fourth-order valence-corrected chi connectivity index (χ4v) is 3.79. The molecule has 0 unspecified atom stereocenters. The van der Waals surface area contributed by atoms with E-state index in [0.717, 1.165) is 10.4 Å². The van der Waals surface area contributed by atoms with Crippen molar-refractivity contribution in [1.82, 2.24) is 14.3 Å². The molecule has 1 radical (unpaired) electrons. The van der Waals surface area contributed by atoms with Gasteiger partial charge in [-0.3, -0.25) is 4.79 Å². The van der Waals surface area contributed by atoms with Crippen LogP contribution >= 0.6 is 0 Å². The normalized spacial score (nSPS) is 15.2. The molecule has 0 bridgehead atoms. The number of hydrogen-bond donors (Lipinski definition) is 1. The van der Waals surface area contributed by atoms with E-state index >= 15 is 0 Å². The van der Waals surface area contributed by atoms with Crippen LogP contribution in [0, 0.1) is 12.0 Å². The molecule has 7 nitrogen and oxygen atoms in total. The summed E-state index contributed by atoms with van der Waals surface area (Å²) in [6.45, 7) is 0.0603. The summed E-state index contributed by atoms with van der Waals surface area (Å²) in [4.78, 5) is 18.4. The van der Waals surface area contributed by atoms with Crippen LogP contribution in [-0.4, -0.2) is 35.1 Å². The molecular formula is C14H12FN4O3S. The van der Waals surface area contributed by atoms with Gasteiger partial charge < -0.3 is 5.73 Å². The van der Waals surface area contributed by atoms with Crippen molar-refractivity contribution in [2.45, 2.75) is 17.9 Å². The Balaban J connectivity index is 1.97. The minimum Gasteiger partial charge on any atom is -0.363 e. The van der Waals surface area contributed by atoms with Crippen LogP contribution in [0.1, 0.15) is 21.9 Å². The lowest BCUT2D eigenvalue weighted by Crippen LogP contribution is -2.37. The number of sulfonamides is 1. The number of carbonyl (C=O) groups excluding carboxylic acids is 1. The van der Waals surface area contributed by atoms with Crippen molar-refractivity contribution < 1.29 is 17.6 Å². The van der Waals surface area contributed by atoms with Crippen LogP contribution in [0.3, 0.4) is 0 Å². The minimum atomic E-state index is -4.00. The van der Waals surface area contributed by atoms with Gasteiger partial charge in [0.15, 0.2) is 0 Å². The summed E-state index contributed by atoms with van der Waals surface area (Å²) in [5.74, 6) is -1.86. The SMILES string of the molecule is NC(=O)c1n[c]c2c(n1)CN(S(=O)(=O)c1ccccc1F)CC2. The highest BCUT2D eigenvalue weighted by Crippen LogP contribution is 2.24. The molecule has 0 spiro atoms. The Morgan fingerprint density at radius 2 is 2.09 bits per heavy atom. The Hall–Kier alpha value is -2.39. The third-order valence-electron chi connectivity index (χ3n) is 3.50. The lowest BCUT2D eigenvalue weighted by atomic mass is 10.1. The fraction of sp³-hybridized carbons (Fsp3) is 0.214. The molecule has 0 aliphatic carbocycles. The molecule has 3 rings (SSSR count). The van der Waals surface area contributed by atoms with Crippen LogP contribution in [0.25, 0.3) is 0 Å². The lowest BCUT2D eigenvalue weighted by Gasteiger charge is -2.27. The van der Waals surface area contributed by atoms with E-state index in [0.29, 0.717) is 17.7 Å². The zero-order valence-corrected chi connectivity index (χ0v) is 12.7. The predicted molar refractivity (Wildman–Crippen MR) is 77.1 cm³/mol. The zero-order valence-electron chi connectivity index (χ0n) is 11.9. The topological polar surface area (TPSA) is 106 Å². The molecule has 0 saturated carbocycles. The molecule has 1 aliphatic heterocycles. The number of benzene rings is 1. The molecule has 9 heteroatoms. The maximum absolute atomic E-state index is 13.8. The smallest absolute Gasteiger partial charge is 0.286 e. The largest absolute Gasteiger partial charge is 0.363 e. The number of primary amides is 1. The first kappa shape index (κ1) is 15.5. The van der Waals surface area contributed by atoms with Crippen molar-refractivity contribution in [3.63, 3.8) is 0 Å². The van der Waals surface area contributed by atoms with E-state index in [1.807, 2.05) is 0 Å². The molecule has 1 aromatic heterocycles. The highest BCUT2D eigenvalue weighted by Gasteiger charge is 2.31. The van der Waals surface area contributed by atoms with Gasteiger partial charge in [0.1, 0.15) is 10.7 Å². The van der Waals surface area contributed by atoms with E-state index in [9.17, 15) is 17.6 Å². The Morgan fingerprint density at radius 3 is 2.78 bits per heavy atom. The number of hydrogen-bond acceptors (Lipinski definition) is 5. The first-order chi connectivity index (χ1) is 10.9. The summed E-state index contributed by atoms with van der Waals surface area (Å²) >= 11 is 0. The van der Waals surface area contributed by atoms with E-state index < -0.39 is 26.6 Å². The van der Waals surface area contributed by atoms with Crippen LogP contribution < -0.4 is 5.73 Å². The van der Waals surface area contributed by atoms with Crippen LogP contribution in [0.2, 0.25) is 0 Å². The molecule has 1 amide bonds. The predicted octanol–water partition coefficient (Wildman–Crippen LogP) is 0.262. The highest BCUT2D eigenvalue weighted by molar-refractivity contribution is 7.89. The van der Waals surface area contributed by atoms with Crippen molar-refractivity contribution in [1.29, 1.82) is 0 Å². The summed E-state index contributed by atoms with van der Waals surface area (Å²) in [6, 6.07) is 5.17. The fourth-order valence-electron chi connectivity index (χ4n) is 2.33. The number of amides is 1. The second kappa shape index (κ2) is 5.67. The Bertz CT molecular complexity index is 885. The number of nitrogens with zero attached hydrogens (tertiary/aromatic N) is 3. The number of carbonyl (C=O) groups is 1. The molecule has 2 N–H and O–H groups in total. The van der Waals surface area contributed by atoms with Crippen molar-refractivity contribution in [3.8, 4) is 0 Å².